The van der Waals surface area contributed by atoms with Crippen LogP contribution in [0.5, 0.6) is 0 Å². The van der Waals surface area contributed by atoms with Gasteiger partial charge in [0.25, 0.3) is 0 Å². The van der Waals surface area contributed by atoms with Crippen LogP contribution in [0.2, 0.25) is 0 Å². The summed E-state index contributed by atoms with van der Waals surface area (Å²) in [5.41, 5.74) is 0. The summed E-state index contributed by atoms with van der Waals surface area (Å²) in [6.07, 6.45) is 19.8. The van der Waals surface area contributed by atoms with Crippen molar-refractivity contribution in [3.8, 4) is 0 Å². The molecule has 0 heterocycles. The van der Waals surface area contributed by atoms with Crippen molar-refractivity contribution in [1.29, 1.82) is 0 Å². The Morgan fingerprint density at radius 1 is 0.731 bits per heavy atom. The zero-order chi connectivity index (χ0) is 19.5. The molecule has 26 heavy (non-hydrogen) atoms. The summed E-state index contributed by atoms with van der Waals surface area (Å²) in [7, 11) is 0. The first-order valence-electron chi connectivity index (χ1n) is 11.6. The van der Waals surface area contributed by atoms with Crippen LogP contribution in [0, 0.1) is 0 Å². The molecule has 0 aromatic rings. The molecule has 1 atom stereocenters. The average molecular weight is 370 g/mol. The zero-order valence-corrected chi connectivity index (χ0v) is 18.1. The molecule has 3 nitrogen and oxygen atoms in total. The van der Waals surface area contributed by atoms with Crippen molar-refractivity contribution in [2.24, 2.45) is 0 Å². The minimum absolute atomic E-state index is 0.297. The Kier molecular flexibility index (Phi) is 18.8. The molecule has 1 N–H and O–H groups in total. The van der Waals surface area contributed by atoms with Crippen LogP contribution in [0.15, 0.2) is 0 Å². The molecule has 0 radical (unpaired) electrons. The van der Waals surface area contributed by atoms with E-state index in [1.807, 2.05) is 0 Å². The molecule has 0 aromatic heterocycles. The molecular weight excluding hydrogens is 322 g/mol. The standard InChI is InChI=1S/C23H47NO2/c1-4-6-8-10-12-14-16-20-24(22(3)18-19-23(25)26)21-17-15-13-11-9-7-5-2/h22H,4-21H2,1-3H3,(H,25,26). The number of aliphatic carboxylic acids is 1. The topological polar surface area (TPSA) is 40.5 Å². The van der Waals surface area contributed by atoms with Gasteiger partial charge in [-0.25, -0.2) is 0 Å². The van der Waals surface area contributed by atoms with Crippen molar-refractivity contribution in [3.63, 3.8) is 0 Å². The van der Waals surface area contributed by atoms with E-state index >= 15 is 0 Å². The van der Waals surface area contributed by atoms with Crippen LogP contribution >= 0.6 is 0 Å². The maximum absolute atomic E-state index is 10.9. The zero-order valence-electron chi connectivity index (χ0n) is 18.1. The largest absolute Gasteiger partial charge is 0.481 e. The van der Waals surface area contributed by atoms with Gasteiger partial charge >= 0.3 is 5.97 Å². The molecule has 0 rings (SSSR count). The molecule has 0 spiro atoms. The van der Waals surface area contributed by atoms with E-state index < -0.39 is 5.97 Å². The Morgan fingerprint density at radius 3 is 1.50 bits per heavy atom. The van der Waals surface area contributed by atoms with Crippen LogP contribution in [-0.2, 0) is 4.79 Å². The summed E-state index contributed by atoms with van der Waals surface area (Å²) in [5.74, 6) is -0.663. The van der Waals surface area contributed by atoms with E-state index in [2.05, 4.69) is 25.7 Å². The molecule has 0 bridgehead atoms. The van der Waals surface area contributed by atoms with Gasteiger partial charge in [0, 0.05) is 12.5 Å². The molecular formula is C23H47NO2. The van der Waals surface area contributed by atoms with Crippen molar-refractivity contribution in [1.82, 2.24) is 4.90 Å². The van der Waals surface area contributed by atoms with Gasteiger partial charge in [0.05, 0.1) is 0 Å². The Morgan fingerprint density at radius 2 is 1.12 bits per heavy atom. The van der Waals surface area contributed by atoms with Gasteiger partial charge in [-0.05, 0) is 39.3 Å². The second-order valence-electron chi connectivity index (χ2n) is 8.06. The first-order chi connectivity index (χ1) is 12.6. The third kappa shape index (κ3) is 16.9. The maximum Gasteiger partial charge on any atom is 0.303 e. The van der Waals surface area contributed by atoms with Gasteiger partial charge in [-0.2, -0.15) is 0 Å². The molecule has 0 fully saturated rings. The predicted octanol–water partition coefficient (Wildman–Crippen LogP) is 7.04. The first kappa shape index (κ1) is 25.4. The van der Waals surface area contributed by atoms with Gasteiger partial charge in [-0.3, -0.25) is 4.79 Å². The number of carboxylic acids is 1. The highest BCUT2D eigenvalue weighted by Gasteiger charge is 2.14. The smallest absolute Gasteiger partial charge is 0.303 e. The second-order valence-corrected chi connectivity index (χ2v) is 8.06. The lowest BCUT2D eigenvalue weighted by Crippen LogP contribution is -2.35. The van der Waals surface area contributed by atoms with Crippen molar-refractivity contribution in [2.45, 2.75) is 130 Å². The van der Waals surface area contributed by atoms with E-state index in [4.69, 9.17) is 5.11 Å². The van der Waals surface area contributed by atoms with Crippen molar-refractivity contribution >= 4 is 5.97 Å². The predicted molar refractivity (Wildman–Crippen MR) is 114 cm³/mol. The van der Waals surface area contributed by atoms with Crippen LogP contribution in [0.4, 0.5) is 0 Å². The van der Waals surface area contributed by atoms with Gasteiger partial charge in [0.15, 0.2) is 0 Å². The van der Waals surface area contributed by atoms with Crippen molar-refractivity contribution in [3.05, 3.63) is 0 Å². The van der Waals surface area contributed by atoms with Crippen molar-refractivity contribution < 1.29 is 9.90 Å². The Labute approximate surface area is 163 Å². The maximum atomic E-state index is 10.9. The van der Waals surface area contributed by atoms with E-state index in [-0.39, 0.29) is 0 Å². The van der Waals surface area contributed by atoms with E-state index in [0.29, 0.717) is 12.5 Å². The minimum Gasteiger partial charge on any atom is -0.481 e. The highest BCUT2D eigenvalue weighted by molar-refractivity contribution is 5.66. The minimum atomic E-state index is -0.663. The van der Waals surface area contributed by atoms with Crippen LogP contribution in [-0.4, -0.2) is 35.1 Å². The fourth-order valence-corrected chi connectivity index (χ4v) is 3.61. The Balaban J connectivity index is 3.98. The molecule has 3 heteroatoms. The van der Waals surface area contributed by atoms with E-state index in [0.717, 1.165) is 19.5 Å². The number of nitrogens with zero attached hydrogens (tertiary/aromatic N) is 1. The van der Waals surface area contributed by atoms with Gasteiger partial charge in [0.2, 0.25) is 0 Å². The van der Waals surface area contributed by atoms with Crippen molar-refractivity contribution in [2.75, 3.05) is 13.1 Å². The number of hydrogen-bond donors (Lipinski definition) is 1. The molecule has 156 valence electrons. The molecule has 0 saturated heterocycles. The summed E-state index contributed by atoms with van der Waals surface area (Å²) < 4.78 is 0. The molecule has 1 unspecified atom stereocenters. The van der Waals surface area contributed by atoms with Gasteiger partial charge in [-0.15, -0.1) is 0 Å². The van der Waals surface area contributed by atoms with Crippen LogP contribution in [0.1, 0.15) is 124 Å². The van der Waals surface area contributed by atoms with Crippen LogP contribution in [0.3, 0.4) is 0 Å². The molecule has 0 amide bonds. The summed E-state index contributed by atoms with van der Waals surface area (Å²) in [6, 6.07) is 0.395. The SMILES string of the molecule is CCCCCCCCCN(CCCCCCCCC)C(C)CCC(=O)O. The van der Waals surface area contributed by atoms with E-state index in [1.165, 1.54) is 89.9 Å². The third-order valence-electron chi connectivity index (χ3n) is 5.50. The molecule has 0 saturated carbocycles. The Bertz CT molecular complexity index is 289. The molecule has 0 aliphatic carbocycles. The summed E-state index contributed by atoms with van der Waals surface area (Å²) in [4.78, 5) is 13.4. The second kappa shape index (κ2) is 19.2. The highest BCUT2D eigenvalue weighted by atomic mass is 16.4. The summed E-state index contributed by atoms with van der Waals surface area (Å²) >= 11 is 0. The van der Waals surface area contributed by atoms with E-state index in [1.54, 1.807) is 0 Å². The lowest BCUT2D eigenvalue weighted by Gasteiger charge is -2.29. The fraction of sp³-hybridized carbons (Fsp3) is 0.957. The summed E-state index contributed by atoms with van der Waals surface area (Å²) in [6.45, 7) is 9.03. The van der Waals surface area contributed by atoms with Crippen LogP contribution in [0.25, 0.3) is 0 Å². The number of unbranched alkanes of at least 4 members (excludes halogenated alkanes) is 12. The normalized spacial score (nSPS) is 12.6. The quantitative estimate of drug-likeness (QED) is 0.234. The van der Waals surface area contributed by atoms with E-state index in [9.17, 15) is 4.79 Å². The lowest BCUT2D eigenvalue weighted by molar-refractivity contribution is -0.137. The first-order valence-corrected chi connectivity index (χ1v) is 11.6. The fourth-order valence-electron chi connectivity index (χ4n) is 3.61. The number of rotatable bonds is 20. The number of carbonyl (C=O) groups is 1. The third-order valence-corrected chi connectivity index (χ3v) is 5.50. The Hall–Kier alpha value is -0.570. The van der Waals surface area contributed by atoms with Gasteiger partial charge in [0.1, 0.15) is 0 Å². The molecule has 0 aromatic carbocycles. The molecule has 0 aliphatic rings. The van der Waals surface area contributed by atoms with Gasteiger partial charge in [-0.1, -0.05) is 90.9 Å². The summed E-state index contributed by atoms with van der Waals surface area (Å²) in [5, 5.41) is 8.96. The van der Waals surface area contributed by atoms with Gasteiger partial charge < -0.3 is 10.0 Å². The number of carboxylic acid groups (broad SMARTS) is 1. The van der Waals surface area contributed by atoms with Crippen LogP contribution < -0.4 is 0 Å². The average Bonchev–Trinajstić information content (AvgIpc) is 2.62. The number of hydrogen-bond acceptors (Lipinski definition) is 2. The highest BCUT2D eigenvalue weighted by Crippen LogP contribution is 2.14. The molecule has 0 aliphatic heterocycles. The monoisotopic (exact) mass is 369 g/mol. The lowest BCUT2D eigenvalue weighted by atomic mass is 10.1.